The van der Waals surface area contributed by atoms with E-state index in [1.165, 1.54) is 12.5 Å². The third-order valence-electron chi connectivity index (χ3n) is 2.75. The minimum Gasteiger partial charge on any atom is -0.472 e. The maximum Gasteiger partial charge on any atom is 0.315 e. The molecular formula is C14H15ClN2O3. The second-order valence-corrected chi connectivity index (χ2v) is 4.70. The topological polar surface area (TPSA) is 74.5 Å². The Kier molecular flexibility index (Phi) is 5.03. The lowest BCUT2D eigenvalue weighted by Gasteiger charge is -2.11. The Bertz CT molecular complexity index is 540. The van der Waals surface area contributed by atoms with Gasteiger partial charge in [0.2, 0.25) is 0 Å². The number of hydrogen-bond acceptors (Lipinski definition) is 3. The van der Waals surface area contributed by atoms with Crippen LogP contribution in [-0.4, -0.2) is 17.7 Å². The number of aliphatic hydroxyl groups excluding tert-OH is 1. The first-order valence-electron chi connectivity index (χ1n) is 6.11. The average Bonchev–Trinajstić information content (AvgIpc) is 2.98. The SMILES string of the molecule is O=C(NCc1ccc(Cl)cc1)NC[C@H](O)c1ccoc1. The number of rotatable bonds is 5. The van der Waals surface area contributed by atoms with Crippen molar-refractivity contribution in [3.05, 3.63) is 59.0 Å². The first-order chi connectivity index (χ1) is 9.65. The first kappa shape index (κ1) is 14.4. The molecule has 2 rings (SSSR count). The number of carbonyl (C=O) groups excluding carboxylic acids is 1. The van der Waals surface area contributed by atoms with E-state index in [2.05, 4.69) is 10.6 Å². The standard InChI is InChI=1S/C14H15ClN2O3/c15-12-3-1-10(2-4-12)7-16-14(19)17-8-13(18)11-5-6-20-9-11/h1-6,9,13,18H,7-8H2,(H2,16,17,19)/t13-/m0/s1. The fourth-order valence-corrected chi connectivity index (χ4v) is 1.74. The van der Waals surface area contributed by atoms with E-state index in [0.29, 0.717) is 17.1 Å². The van der Waals surface area contributed by atoms with Crippen molar-refractivity contribution < 1.29 is 14.3 Å². The quantitative estimate of drug-likeness (QED) is 0.793. The molecule has 5 nitrogen and oxygen atoms in total. The zero-order valence-electron chi connectivity index (χ0n) is 10.7. The third kappa shape index (κ3) is 4.29. The molecule has 0 aliphatic heterocycles. The molecule has 3 N–H and O–H groups in total. The molecule has 0 bridgehead atoms. The first-order valence-corrected chi connectivity index (χ1v) is 6.49. The lowest BCUT2D eigenvalue weighted by molar-refractivity contribution is 0.172. The van der Waals surface area contributed by atoms with Crippen LogP contribution in [0.3, 0.4) is 0 Å². The third-order valence-corrected chi connectivity index (χ3v) is 3.00. The molecule has 1 heterocycles. The highest BCUT2D eigenvalue weighted by Gasteiger charge is 2.10. The van der Waals surface area contributed by atoms with Crippen molar-refractivity contribution in [3.63, 3.8) is 0 Å². The molecule has 1 aromatic carbocycles. The van der Waals surface area contributed by atoms with Crippen molar-refractivity contribution in [3.8, 4) is 0 Å². The van der Waals surface area contributed by atoms with Crippen molar-refractivity contribution in [2.24, 2.45) is 0 Å². The van der Waals surface area contributed by atoms with Crippen LogP contribution in [0.2, 0.25) is 5.02 Å². The Hall–Kier alpha value is -1.98. The molecule has 1 aromatic heterocycles. The number of amides is 2. The summed E-state index contributed by atoms with van der Waals surface area (Å²) in [7, 11) is 0. The summed E-state index contributed by atoms with van der Waals surface area (Å²) in [6, 6.07) is 8.50. The van der Waals surface area contributed by atoms with E-state index >= 15 is 0 Å². The van der Waals surface area contributed by atoms with Gasteiger partial charge in [-0.15, -0.1) is 0 Å². The van der Waals surface area contributed by atoms with E-state index in [0.717, 1.165) is 5.56 Å². The van der Waals surface area contributed by atoms with Crippen molar-refractivity contribution in [2.75, 3.05) is 6.54 Å². The van der Waals surface area contributed by atoms with Gasteiger partial charge in [0, 0.05) is 23.7 Å². The second kappa shape index (κ2) is 6.98. The highest BCUT2D eigenvalue weighted by atomic mass is 35.5. The van der Waals surface area contributed by atoms with Crippen LogP contribution in [0, 0.1) is 0 Å². The molecule has 0 radical (unpaired) electrons. The maximum absolute atomic E-state index is 11.6. The van der Waals surface area contributed by atoms with Crippen LogP contribution >= 0.6 is 11.6 Å². The van der Waals surface area contributed by atoms with E-state index in [4.69, 9.17) is 16.0 Å². The molecule has 1 atom stereocenters. The zero-order chi connectivity index (χ0) is 14.4. The van der Waals surface area contributed by atoms with Crippen LogP contribution in [0.25, 0.3) is 0 Å². The average molecular weight is 295 g/mol. The maximum atomic E-state index is 11.6. The van der Waals surface area contributed by atoms with Gasteiger partial charge in [-0.05, 0) is 23.8 Å². The number of halogens is 1. The summed E-state index contributed by atoms with van der Waals surface area (Å²) in [6.07, 6.45) is 2.13. The van der Waals surface area contributed by atoms with Crippen molar-refractivity contribution in [2.45, 2.75) is 12.6 Å². The molecule has 0 saturated carbocycles. The van der Waals surface area contributed by atoms with Gasteiger partial charge >= 0.3 is 6.03 Å². The van der Waals surface area contributed by atoms with E-state index in [-0.39, 0.29) is 12.6 Å². The molecule has 106 valence electrons. The Labute approximate surface area is 121 Å². The predicted molar refractivity (Wildman–Crippen MR) is 75.4 cm³/mol. The summed E-state index contributed by atoms with van der Waals surface area (Å²) < 4.78 is 4.86. The number of nitrogens with one attached hydrogen (secondary N) is 2. The van der Waals surface area contributed by atoms with Gasteiger partial charge in [0.1, 0.15) is 0 Å². The largest absolute Gasteiger partial charge is 0.472 e. The van der Waals surface area contributed by atoms with E-state index < -0.39 is 6.10 Å². The fourth-order valence-electron chi connectivity index (χ4n) is 1.62. The lowest BCUT2D eigenvalue weighted by Crippen LogP contribution is -2.37. The molecule has 0 aliphatic carbocycles. The summed E-state index contributed by atoms with van der Waals surface area (Å²) in [4.78, 5) is 11.6. The monoisotopic (exact) mass is 294 g/mol. The molecule has 2 amide bonds. The van der Waals surface area contributed by atoms with E-state index in [9.17, 15) is 9.90 Å². The summed E-state index contributed by atoms with van der Waals surface area (Å²) in [6.45, 7) is 0.511. The van der Waals surface area contributed by atoms with Crippen LogP contribution in [-0.2, 0) is 6.54 Å². The highest BCUT2D eigenvalue weighted by Crippen LogP contribution is 2.11. The fraction of sp³-hybridized carbons (Fsp3) is 0.214. The number of aliphatic hydroxyl groups is 1. The van der Waals surface area contributed by atoms with Crippen molar-refractivity contribution in [1.82, 2.24) is 10.6 Å². The Balaban J connectivity index is 1.71. The Morgan fingerprint density at radius 3 is 2.65 bits per heavy atom. The molecule has 0 aliphatic rings. The minimum atomic E-state index is -0.782. The molecule has 2 aromatic rings. The van der Waals surface area contributed by atoms with E-state index in [1.807, 2.05) is 12.1 Å². The predicted octanol–water partition coefficient (Wildman–Crippen LogP) is 2.47. The molecule has 6 heteroatoms. The van der Waals surface area contributed by atoms with Gasteiger partial charge in [-0.25, -0.2) is 4.79 Å². The molecule has 20 heavy (non-hydrogen) atoms. The molecule has 0 spiro atoms. The summed E-state index contributed by atoms with van der Waals surface area (Å²) >= 11 is 5.77. The number of urea groups is 1. The summed E-state index contributed by atoms with van der Waals surface area (Å²) in [5.41, 5.74) is 1.57. The van der Waals surface area contributed by atoms with Gasteiger partial charge in [0.05, 0.1) is 18.6 Å². The lowest BCUT2D eigenvalue weighted by atomic mass is 10.2. The number of carbonyl (C=O) groups is 1. The van der Waals surface area contributed by atoms with Gasteiger partial charge in [-0.3, -0.25) is 0 Å². The smallest absolute Gasteiger partial charge is 0.315 e. The van der Waals surface area contributed by atoms with Gasteiger partial charge < -0.3 is 20.2 Å². The number of benzene rings is 1. The van der Waals surface area contributed by atoms with Crippen LogP contribution in [0.5, 0.6) is 0 Å². The minimum absolute atomic E-state index is 0.117. The summed E-state index contributed by atoms with van der Waals surface area (Å²) in [5, 5.41) is 15.7. The van der Waals surface area contributed by atoms with Crippen molar-refractivity contribution >= 4 is 17.6 Å². The van der Waals surface area contributed by atoms with Crippen molar-refractivity contribution in [1.29, 1.82) is 0 Å². The summed E-state index contributed by atoms with van der Waals surface area (Å²) in [5.74, 6) is 0. The molecule has 0 unspecified atom stereocenters. The zero-order valence-corrected chi connectivity index (χ0v) is 11.4. The Morgan fingerprint density at radius 1 is 1.25 bits per heavy atom. The second-order valence-electron chi connectivity index (χ2n) is 4.26. The number of hydrogen-bond donors (Lipinski definition) is 3. The van der Waals surface area contributed by atoms with Gasteiger partial charge in [-0.1, -0.05) is 23.7 Å². The molecule has 0 fully saturated rings. The van der Waals surface area contributed by atoms with Crippen LogP contribution < -0.4 is 10.6 Å². The van der Waals surface area contributed by atoms with E-state index in [1.54, 1.807) is 18.2 Å². The molecule has 0 saturated heterocycles. The van der Waals surface area contributed by atoms with Gasteiger partial charge in [-0.2, -0.15) is 0 Å². The van der Waals surface area contributed by atoms with Gasteiger partial charge in [0.25, 0.3) is 0 Å². The van der Waals surface area contributed by atoms with Gasteiger partial charge in [0.15, 0.2) is 0 Å². The Morgan fingerprint density at radius 2 is 2.00 bits per heavy atom. The molecular weight excluding hydrogens is 280 g/mol. The van der Waals surface area contributed by atoms with Crippen LogP contribution in [0.15, 0.2) is 47.3 Å². The normalized spacial score (nSPS) is 11.9. The van der Waals surface area contributed by atoms with Crippen LogP contribution in [0.4, 0.5) is 4.79 Å². The van der Waals surface area contributed by atoms with Crippen LogP contribution in [0.1, 0.15) is 17.2 Å². The highest BCUT2D eigenvalue weighted by molar-refractivity contribution is 6.30. The number of furan rings is 1.